The fourth-order valence-electron chi connectivity index (χ4n) is 1.25. The monoisotopic (exact) mass is 321 g/mol. The number of nitrogens with one attached hydrogen (secondary N) is 3. The van der Waals surface area contributed by atoms with Crippen LogP contribution in [0.1, 0.15) is 5.69 Å². The minimum absolute atomic E-state index is 0.0577. The number of H-pyrrole nitrogens is 2. The van der Waals surface area contributed by atoms with Gasteiger partial charge in [-0.1, -0.05) is 22.9 Å². The highest BCUT2D eigenvalue weighted by Crippen LogP contribution is 2.10. The van der Waals surface area contributed by atoms with Crippen molar-refractivity contribution in [1.29, 1.82) is 0 Å². The zero-order valence-corrected chi connectivity index (χ0v) is 11.7. The number of hydrogen-bond acceptors (Lipinski definition) is 5. The van der Waals surface area contributed by atoms with Gasteiger partial charge in [0.1, 0.15) is 5.02 Å². The van der Waals surface area contributed by atoms with Gasteiger partial charge >= 0.3 is 4.87 Å². The van der Waals surface area contributed by atoms with Gasteiger partial charge in [-0.2, -0.15) is 0 Å². The van der Waals surface area contributed by atoms with E-state index in [2.05, 4.69) is 14.7 Å². The topological polar surface area (TPSA) is 112 Å². The summed E-state index contributed by atoms with van der Waals surface area (Å²) in [5.41, 5.74) is -0.114. The maximum Gasteiger partial charge on any atom is 0.304 e. The predicted octanol–water partition coefficient (Wildman–Crippen LogP) is 0.257. The van der Waals surface area contributed by atoms with Crippen molar-refractivity contribution in [2.24, 2.45) is 0 Å². The molecular weight excluding hydrogens is 314 g/mol. The molecule has 0 saturated heterocycles. The second-order valence-electron chi connectivity index (χ2n) is 3.51. The van der Waals surface area contributed by atoms with Gasteiger partial charge in [0, 0.05) is 17.3 Å². The van der Waals surface area contributed by atoms with E-state index in [1.165, 1.54) is 5.38 Å². The summed E-state index contributed by atoms with van der Waals surface area (Å²) >= 11 is 6.50. The Hall–Kier alpha value is -1.42. The van der Waals surface area contributed by atoms with Gasteiger partial charge in [-0.05, 0) is 6.07 Å². The Morgan fingerprint density at radius 1 is 1.37 bits per heavy atom. The fraction of sp³-hybridized carbons (Fsp3) is 0.111. The maximum absolute atomic E-state index is 11.9. The molecule has 0 aliphatic carbocycles. The quantitative estimate of drug-likeness (QED) is 0.749. The standard InChI is InChI=1S/C9H8ClN3O4S2/c10-7-1-6(3-11-8(7)14)19(16,17)12-2-5-4-18-9(15)13-5/h1,3-4,12H,2H2,(H,11,14)(H,13,15). The van der Waals surface area contributed by atoms with E-state index in [0.717, 1.165) is 23.6 Å². The molecule has 2 rings (SSSR count). The lowest BCUT2D eigenvalue weighted by atomic mass is 10.5. The Morgan fingerprint density at radius 2 is 2.11 bits per heavy atom. The summed E-state index contributed by atoms with van der Waals surface area (Å²) in [7, 11) is -3.81. The molecule has 2 aromatic heterocycles. The van der Waals surface area contributed by atoms with Crippen molar-refractivity contribution in [3.8, 4) is 0 Å². The highest BCUT2D eigenvalue weighted by Gasteiger charge is 2.15. The molecule has 3 N–H and O–H groups in total. The van der Waals surface area contributed by atoms with Gasteiger partial charge in [-0.15, -0.1) is 0 Å². The van der Waals surface area contributed by atoms with Gasteiger partial charge in [-0.3, -0.25) is 9.59 Å². The average molecular weight is 322 g/mol. The molecule has 0 aliphatic heterocycles. The Kier molecular flexibility index (Phi) is 3.90. The van der Waals surface area contributed by atoms with Crippen LogP contribution in [0.15, 0.2) is 32.1 Å². The van der Waals surface area contributed by atoms with E-state index in [-0.39, 0.29) is 21.3 Å². The van der Waals surface area contributed by atoms with E-state index in [9.17, 15) is 18.0 Å². The number of aromatic nitrogens is 2. The molecule has 0 unspecified atom stereocenters. The lowest BCUT2D eigenvalue weighted by Crippen LogP contribution is -2.24. The van der Waals surface area contributed by atoms with Crippen molar-refractivity contribution < 1.29 is 8.42 Å². The van der Waals surface area contributed by atoms with E-state index >= 15 is 0 Å². The van der Waals surface area contributed by atoms with E-state index < -0.39 is 15.6 Å². The Bertz CT molecular complexity index is 805. The van der Waals surface area contributed by atoms with Crippen LogP contribution in [-0.4, -0.2) is 18.4 Å². The second kappa shape index (κ2) is 5.29. The third kappa shape index (κ3) is 3.32. The van der Waals surface area contributed by atoms with Crippen molar-refractivity contribution in [3.63, 3.8) is 0 Å². The number of thiazole rings is 1. The summed E-state index contributed by atoms with van der Waals surface area (Å²) in [5.74, 6) is 0. The molecule has 2 aromatic rings. The fourth-order valence-corrected chi connectivity index (χ4v) is 3.07. The van der Waals surface area contributed by atoms with Crippen LogP contribution in [-0.2, 0) is 16.6 Å². The van der Waals surface area contributed by atoms with Gasteiger partial charge in [0.2, 0.25) is 10.0 Å². The highest BCUT2D eigenvalue weighted by molar-refractivity contribution is 7.89. The molecule has 0 aromatic carbocycles. The first kappa shape index (κ1) is 14.0. The van der Waals surface area contributed by atoms with Crippen LogP contribution in [0.5, 0.6) is 0 Å². The molecule has 0 amide bonds. The molecule has 0 aliphatic rings. The molecular formula is C9H8ClN3O4S2. The average Bonchev–Trinajstić information content (AvgIpc) is 2.76. The van der Waals surface area contributed by atoms with Crippen LogP contribution < -0.4 is 15.2 Å². The molecule has 0 atom stereocenters. The number of halogens is 1. The number of sulfonamides is 1. The summed E-state index contributed by atoms with van der Waals surface area (Å²) in [6.07, 6.45) is 1.05. The molecule has 2 heterocycles. The van der Waals surface area contributed by atoms with E-state index in [0.29, 0.717) is 5.69 Å². The van der Waals surface area contributed by atoms with Gasteiger partial charge in [-0.25, -0.2) is 13.1 Å². The minimum Gasteiger partial charge on any atom is -0.326 e. The zero-order valence-electron chi connectivity index (χ0n) is 9.27. The van der Waals surface area contributed by atoms with Crippen molar-refractivity contribution in [2.45, 2.75) is 11.4 Å². The van der Waals surface area contributed by atoms with Gasteiger partial charge in [0.25, 0.3) is 5.56 Å². The molecule has 0 saturated carbocycles. The lowest BCUT2D eigenvalue weighted by molar-refractivity contribution is 0.580. The highest BCUT2D eigenvalue weighted by atomic mass is 35.5. The van der Waals surface area contributed by atoms with Crippen LogP contribution in [0, 0.1) is 0 Å². The summed E-state index contributed by atoms with van der Waals surface area (Å²) < 4.78 is 26.1. The van der Waals surface area contributed by atoms with Gasteiger partial charge in [0.05, 0.1) is 11.4 Å². The first-order valence-electron chi connectivity index (χ1n) is 4.93. The van der Waals surface area contributed by atoms with E-state index in [1.807, 2.05) is 0 Å². The van der Waals surface area contributed by atoms with Gasteiger partial charge in [0.15, 0.2) is 0 Å². The molecule has 0 fully saturated rings. The van der Waals surface area contributed by atoms with Crippen LogP contribution in [0.4, 0.5) is 0 Å². The third-order valence-electron chi connectivity index (χ3n) is 2.17. The SMILES string of the molecule is O=c1[nH]c(CNS(=O)(=O)c2c[nH]c(=O)c(Cl)c2)cs1. The number of hydrogen-bond donors (Lipinski definition) is 3. The summed E-state index contributed by atoms with van der Waals surface area (Å²) in [6.45, 7) is -0.0577. The second-order valence-corrected chi connectivity index (χ2v) is 6.53. The zero-order chi connectivity index (χ0) is 14.0. The van der Waals surface area contributed by atoms with Crippen LogP contribution in [0.3, 0.4) is 0 Å². The smallest absolute Gasteiger partial charge is 0.304 e. The molecule has 7 nitrogen and oxygen atoms in total. The van der Waals surface area contributed by atoms with Crippen LogP contribution in [0.25, 0.3) is 0 Å². The predicted molar refractivity (Wildman–Crippen MR) is 71.0 cm³/mol. The largest absolute Gasteiger partial charge is 0.326 e. The lowest BCUT2D eigenvalue weighted by Gasteiger charge is -2.05. The Balaban J connectivity index is 2.20. The molecule has 102 valence electrons. The first-order chi connectivity index (χ1) is 8.88. The van der Waals surface area contributed by atoms with Crippen LogP contribution in [0.2, 0.25) is 5.02 Å². The Morgan fingerprint density at radius 3 is 2.68 bits per heavy atom. The number of pyridine rings is 1. The molecule has 0 bridgehead atoms. The number of aromatic amines is 2. The van der Waals surface area contributed by atoms with Crippen molar-refractivity contribution >= 4 is 33.0 Å². The van der Waals surface area contributed by atoms with E-state index in [1.54, 1.807) is 0 Å². The van der Waals surface area contributed by atoms with Crippen molar-refractivity contribution in [1.82, 2.24) is 14.7 Å². The van der Waals surface area contributed by atoms with Gasteiger partial charge < -0.3 is 9.97 Å². The third-order valence-corrected chi connectivity index (χ3v) is 4.55. The molecule has 0 radical (unpaired) electrons. The summed E-state index contributed by atoms with van der Waals surface area (Å²) in [5, 5.41) is 1.30. The van der Waals surface area contributed by atoms with Crippen molar-refractivity contribution in [2.75, 3.05) is 0 Å². The minimum atomic E-state index is -3.81. The molecule has 10 heteroatoms. The van der Waals surface area contributed by atoms with Crippen molar-refractivity contribution in [3.05, 3.63) is 48.4 Å². The molecule has 19 heavy (non-hydrogen) atoms. The normalized spacial score (nSPS) is 11.6. The summed E-state index contributed by atoms with van der Waals surface area (Å²) in [6, 6.07) is 1.05. The van der Waals surface area contributed by atoms with Crippen LogP contribution >= 0.6 is 22.9 Å². The van der Waals surface area contributed by atoms with E-state index in [4.69, 9.17) is 11.6 Å². The summed E-state index contributed by atoms with van der Waals surface area (Å²) in [4.78, 5) is 26.2. The maximum atomic E-state index is 11.9. The number of rotatable bonds is 4. The first-order valence-corrected chi connectivity index (χ1v) is 7.67. The Labute approximate surface area is 116 Å². The molecule has 0 spiro atoms.